The zero-order valence-corrected chi connectivity index (χ0v) is 11.8. The summed E-state index contributed by atoms with van der Waals surface area (Å²) in [7, 11) is 0. The molecule has 0 radical (unpaired) electrons. The molecule has 1 saturated heterocycles. The van der Waals surface area contributed by atoms with Crippen LogP contribution in [0.1, 0.15) is 29.3 Å². The molecule has 1 unspecified atom stereocenters. The number of ether oxygens (including phenoxy) is 1. The molecular weight excluding hydrogens is 252 g/mol. The van der Waals surface area contributed by atoms with Crippen molar-refractivity contribution in [2.45, 2.75) is 19.4 Å². The van der Waals surface area contributed by atoms with Crippen molar-refractivity contribution < 1.29 is 9.53 Å². The first kappa shape index (κ1) is 14.6. The molecule has 4 heteroatoms. The van der Waals surface area contributed by atoms with Crippen LogP contribution in [0.5, 0.6) is 0 Å². The fraction of sp³-hybridized carbons (Fsp3) is 0.438. The van der Waals surface area contributed by atoms with E-state index in [9.17, 15) is 4.79 Å². The van der Waals surface area contributed by atoms with E-state index in [4.69, 9.17) is 10.5 Å². The summed E-state index contributed by atoms with van der Waals surface area (Å²) in [6, 6.07) is 7.41. The van der Waals surface area contributed by atoms with Gasteiger partial charge < -0.3 is 15.4 Å². The third-order valence-corrected chi connectivity index (χ3v) is 3.36. The van der Waals surface area contributed by atoms with Crippen molar-refractivity contribution in [3.63, 3.8) is 0 Å². The Balaban J connectivity index is 2.20. The second kappa shape index (κ2) is 7.09. The van der Waals surface area contributed by atoms with Gasteiger partial charge in [-0.15, -0.1) is 0 Å². The van der Waals surface area contributed by atoms with Gasteiger partial charge in [-0.25, -0.2) is 0 Å². The van der Waals surface area contributed by atoms with E-state index in [1.54, 1.807) is 0 Å². The van der Waals surface area contributed by atoms with Crippen LogP contribution in [0, 0.1) is 11.8 Å². The summed E-state index contributed by atoms with van der Waals surface area (Å²) in [5.41, 5.74) is 6.78. The number of nitrogens with zero attached hydrogens (tertiary/aromatic N) is 1. The number of carbonyl (C=O) groups excluding carboxylic acids is 1. The summed E-state index contributed by atoms with van der Waals surface area (Å²) in [5, 5.41) is 0. The molecule has 0 aliphatic carbocycles. The molecule has 0 spiro atoms. The number of benzene rings is 1. The Bertz CT molecular complexity index is 531. The van der Waals surface area contributed by atoms with Gasteiger partial charge in [-0.2, -0.15) is 0 Å². The normalized spacial score (nSPS) is 18.3. The highest BCUT2D eigenvalue weighted by Gasteiger charge is 2.24. The highest BCUT2D eigenvalue weighted by molar-refractivity contribution is 5.96. The van der Waals surface area contributed by atoms with Gasteiger partial charge in [-0.1, -0.05) is 30.9 Å². The average molecular weight is 272 g/mol. The van der Waals surface area contributed by atoms with Gasteiger partial charge in [0, 0.05) is 18.7 Å². The second-order valence-corrected chi connectivity index (χ2v) is 4.70. The smallest absolute Gasteiger partial charge is 0.255 e. The van der Waals surface area contributed by atoms with E-state index in [1.165, 1.54) is 0 Å². The Morgan fingerprint density at radius 1 is 1.50 bits per heavy atom. The number of hydrogen-bond donors (Lipinski definition) is 1. The highest BCUT2D eigenvalue weighted by Crippen LogP contribution is 2.15. The molecule has 1 fully saturated rings. The maximum Gasteiger partial charge on any atom is 0.255 e. The van der Waals surface area contributed by atoms with E-state index in [2.05, 4.69) is 18.8 Å². The Morgan fingerprint density at radius 2 is 2.30 bits per heavy atom. The zero-order chi connectivity index (χ0) is 14.4. The molecule has 1 amide bonds. The van der Waals surface area contributed by atoms with Crippen LogP contribution in [-0.2, 0) is 4.74 Å². The number of rotatable bonds is 2. The zero-order valence-electron chi connectivity index (χ0n) is 11.8. The fourth-order valence-electron chi connectivity index (χ4n) is 2.25. The van der Waals surface area contributed by atoms with Gasteiger partial charge in [0.1, 0.15) is 0 Å². The molecule has 1 aliphatic rings. The van der Waals surface area contributed by atoms with Crippen molar-refractivity contribution in [1.29, 1.82) is 0 Å². The summed E-state index contributed by atoms with van der Waals surface area (Å²) in [6.07, 6.45) is 1.05. The summed E-state index contributed by atoms with van der Waals surface area (Å²) in [5.74, 6) is 5.79. The monoisotopic (exact) mass is 272 g/mol. The molecule has 106 valence electrons. The van der Waals surface area contributed by atoms with Crippen LogP contribution >= 0.6 is 0 Å². The van der Waals surface area contributed by atoms with Crippen LogP contribution in [0.2, 0.25) is 0 Å². The van der Waals surface area contributed by atoms with Crippen molar-refractivity contribution in [3.05, 3.63) is 35.4 Å². The minimum absolute atomic E-state index is 0.0219. The van der Waals surface area contributed by atoms with Gasteiger partial charge >= 0.3 is 0 Å². The summed E-state index contributed by atoms with van der Waals surface area (Å²) < 4.78 is 5.60. The maximum atomic E-state index is 12.6. The van der Waals surface area contributed by atoms with E-state index in [0.717, 1.165) is 12.0 Å². The number of nitrogens with two attached hydrogens (primary N) is 1. The largest absolute Gasteiger partial charge is 0.375 e. The van der Waals surface area contributed by atoms with Crippen molar-refractivity contribution in [1.82, 2.24) is 4.90 Å². The van der Waals surface area contributed by atoms with Crippen LogP contribution in [0.4, 0.5) is 0 Å². The number of morpholine rings is 1. The second-order valence-electron chi connectivity index (χ2n) is 4.70. The number of hydrogen-bond acceptors (Lipinski definition) is 3. The molecule has 4 nitrogen and oxygen atoms in total. The van der Waals surface area contributed by atoms with Gasteiger partial charge in [-0.05, 0) is 18.6 Å². The van der Waals surface area contributed by atoms with Crippen molar-refractivity contribution >= 4 is 5.91 Å². The van der Waals surface area contributed by atoms with Gasteiger partial charge in [0.2, 0.25) is 0 Å². The van der Waals surface area contributed by atoms with Gasteiger partial charge in [0.25, 0.3) is 5.91 Å². The maximum absolute atomic E-state index is 12.6. The van der Waals surface area contributed by atoms with Gasteiger partial charge in [0.15, 0.2) is 0 Å². The van der Waals surface area contributed by atoms with Crippen LogP contribution in [-0.4, -0.2) is 43.2 Å². The third kappa shape index (κ3) is 3.38. The first-order valence-corrected chi connectivity index (χ1v) is 6.95. The molecular formula is C16H20N2O2. The molecule has 1 atom stereocenters. The molecule has 1 aliphatic heterocycles. The van der Waals surface area contributed by atoms with Crippen LogP contribution in [0.25, 0.3) is 0 Å². The first-order chi connectivity index (χ1) is 9.76. The first-order valence-electron chi connectivity index (χ1n) is 6.95. The molecule has 0 aromatic heterocycles. The lowest BCUT2D eigenvalue weighted by Gasteiger charge is -2.32. The van der Waals surface area contributed by atoms with Crippen molar-refractivity contribution in [2.75, 3.05) is 26.2 Å². The van der Waals surface area contributed by atoms with E-state index in [-0.39, 0.29) is 18.6 Å². The van der Waals surface area contributed by atoms with E-state index in [0.29, 0.717) is 25.3 Å². The Kier molecular flexibility index (Phi) is 5.16. The number of amides is 1. The number of carbonyl (C=O) groups is 1. The minimum Gasteiger partial charge on any atom is -0.375 e. The summed E-state index contributed by atoms with van der Waals surface area (Å²) >= 11 is 0. The molecule has 2 rings (SSSR count). The summed E-state index contributed by atoms with van der Waals surface area (Å²) in [6.45, 7) is 4.24. The molecule has 0 saturated carbocycles. The lowest BCUT2D eigenvalue weighted by Crippen LogP contribution is -2.45. The molecule has 20 heavy (non-hydrogen) atoms. The molecule has 2 N–H and O–H groups in total. The van der Waals surface area contributed by atoms with Gasteiger partial charge in [-0.3, -0.25) is 4.79 Å². The lowest BCUT2D eigenvalue weighted by molar-refractivity contribution is -0.0226. The molecule has 1 heterocycles. The highest BCUT2D eigenvalue weighted by atomic mass is 16.5. The van der Waals surface area contributed by atoms with E-state index in [1.807, 2.05) is 29.2 Å². The Hall–Kier alpha value is -1.83. The lowest BCUT2D eigenvalue weighted by atomic mass is 10.1. The fourth-order valence-corrected chi connectivity index (χ4v) is 2.25. The third-order valence-electron chi connectivity index (χ3n) is 3.36. The Morgan fingerprint density at radius 3 is 3.05 bits per heavy atom. The Labute approximate surface area is 119 Å². The predicted octanol–water partition coefficient (Wildman–Crippen LogP) is 1.25. The quantitative estimate of drug-likeness (QED) is 0.824. The summed E-state index contributed by atoms with van der Waals surface area (Å²) in [4.78, 5) is 14.5. The van der Waals surface area contributed by atoms with Crippen LogP contribution < -0.4 is 5.73 Å². The standard InChI is InChI=1S/C16H20N2O2/c1-2-14-12-18(10-11-20-14)16(19)15-8-4-3-6-13(15)7-5-9-17/h3-4,6,8,14H,2,9-12,17H2,1H3. The SMILES string of the molecule is CCC1CN(C(=O)c2ccccc2C#CCN)CCO1. The van der Waals surface area contributed by atoms with Crippen LogP contribution in [0.15, 0.2) is 24.3 Å². The molecule has 1 aromatic carbocycles. The van der Waals surface area contributed by atoms with Crippen molar-refractivity contribution in [3.8, 4) is 11.8 Å². The minimum atomic E-state index is 0.0219. The molecule has 1 aromatic rings. The topological polar surface area (TPSA) is 55.6 Å². The van der Waals surface area contributed by atoms with E-state index < -0.39 is 0 Å². The van der Waals surface area contributed by atoms with Gasteiger partial charge in [0.05, 0.1) is 24.8 Å². The van der Waals surface area contributed by atoms with Crippen LogP contribution in [0.3, 0.4) is 0 Å². The molecule has 0 bridgehead atoms. The van der Waals surface area contributed by atoms with E-state index >= 15 is 0 Å². The predicted molar refractivity (Wildman–Crippen MR) is 78.3 cm³/mol. The average Bonchev–Trinajstić information content (AvgIpc) is 2.52. The van der Waals surface area contributed by atoms with Crippen molar-refractivity contribution in [2.24, 2.45) is 5.73 Å².